The lowest BCUT2D eigenvalue weighted by Crippen LogP contribution is -2.51. The van der Waals surface area contributed by atoms with Crippen molar-refractivity contribution in [1.82, 2.24) is 0 Å². The first-order chi connectivity index (χ1) is 7.20. The van der Waals surface area contributed by atoms with E-state index in [0.29, 0.717) is 10.6 Å². The summed E-state index contributed by atoms with van der Waals surface area (Å²) >= 11 is 3.49. The Balaban J connectivity index is 1.95. The van der Waals surface area contributed by atoms with Crippen molar-refractivity contribution in [3.05, 3.63) is 30.1 Å². The molecule has 0 bridgehead atoms. The Labute approximate surface area is 96.5 Å². The molecule has 0 amide bonds. The van der Waals surface area contributed by atoms with Crippen LogP contribution in [0.15, 0.2) is 24.3 Å². The van der Waals surface area contributed by atoms with Crippen LogP contribution in [0.25, 0.3) is 0 Å². The second-order valence-electron chi connectivity index (χ2n) is 3.56. The predicted molar refractivity (Wildman–Crippen MR) is 58.9 cm³/mol. The van der Waals surface area contributed by atoms with Crippen molar-refractivity contribution >= 4 is 15.9 Å². The molecule has 0 aliphatic heterocycles. The number of halogens is 2. The molecule has 1 aromatic rings. The molecule has 0 saturated heterocycles. The van der Waals surface area contributed by atoms with E-state index in [1.807, 2.05) is 0 Å². The number of benzene rings is 1. The number of alkyl halides is 1. The van der Waals surface area contributed by atoms with Gasteiger partial charge in [-0.3, -0.25) is 0 Å². The van der Waals surface area contributed by atoms with E-state index >= 15 is 0 Å². The van der Waals surface area contributed by atoms with Crippen LogP contribution in [0.3, 0.4) is 0 Å². The fraction of sp³-hybridized carbons (Fsp3) is 0.455. The second-order valence-corrected chi connectivity index (χ2v) is 4.74. The molecular formula is C11H12BrFO2. The molecule has 15 heavy (non-hydrogen) atoms. The van der Waals surface area contributed by atoms with Crippen LogP contribution in [-0.4, -0.2) is 24.1 Å². The third-order valence-electron chi connectivity index (χ3n) is 2.55. The minimum absolute atomic E-state index is 0.0600. The van der Waals surface area contributed by atoms with Gasteiger partial charge < -0.3 is 9.47 Å². The van der Waals surface area contributed by atoms with Crippen LogP contribution in [0, 0.1) is 5.82 Å². The van der Waals surface area contributed by atoms with Crippen molar-refractivity contribution in [2.24, 2.45) is 0 Å². The Morgan fingerprint density at radius 2 is 2.00 bits per heavy atom. The lowest BCUT2D eigenvalue weighted by atomic mass is 9.91. The molecule has 3 atom stereocenters. The first-order valence-corrected chi connectivity index (χ1v) is 5.71. The molecule has 0 heterocycles. The summed E-state index contributed by atoms with van der Waals surface area (Å²) in [7, 11) is 1.67. The van der Waals surface area contributed by atoms with Gasteiger partial charge in [-0.15, -0.1) is 0 Å². The maximum atomic E-state index is 12.6. The van der Waals surface area contributed by atoms with Gasteiger partial charge in [0.05, 0.1) is 0 Å². The largest absolute Gasteiger partial charge is 0.488 e. The van der Waals surface area contributed by atoms with E-state index in [-0.39, 0.29) is 18.0 Å². The van der Waals surface area contributed by atoms with Crippen LogP contribution >= 0.6 is 15.9 Å². The Morgan fingerprint density at radius 1 is 1.33 bits per heavy atom. The van der Waals surface area contributed by atoms with Crippen LogP contribution in [0.5, 0.6) is 5.75 Å². The lowest BCUT2D eigenvalue weighted by Gasteiger charge is -2.40. The molecule has 2 rings (SSSR count). The number of methoxy groups -OCH3 is 1. The summed E-state index contributed by atoms with van der Waals surface area (Å²) in [5.41, 5.74) is 0. The molecular weight excluding hydrogens is 263 g/mol. The molecule has 2 nitrogen and oxygen atoms in total. The summed E-state index contributed by atoms with van der Waals surface area (Å²) < 4.78 is 23.6. The van der Waals surface area contributed by atoms with Crippen molar-refractivity contribution in [3.8, 4) is 5.75 Å². The zero-order chi connectivity index (χ0) is 10.8. The van der Waals surface area contributed by atoms with Gasteiger partial charge in [-0.2, -0.15) is 0 Å². The molecule has 4 heteroatoms. The summed E-state index contributed by atoms with van der Waals surface area (Å²) in [4.78, 5) is 0.355. The quantitative estimate of drug-likeness (QED) is 0.790. The van der Waals surface area contributed by atoms with Crippen LogP contribution in [-0.2, 0) is 4.74 Å². The van der Waals surface area contributed by atoms with Gasteiger partial charge in [-0.05, 0) is 24.3 Å². The molecule has 1 fully saturated rings. The molecule has 1 aromatic carbocycles. The highest BCUT2D eigenvalue weighted by atomic mass is 79.9. The highest BCUT2D eigenvalue weighted by Gasteiger charge is 2.41. The molecule has 1 saturated carbocycles. The highest BCUT2D eigenvalue weighted by molar-refractivity contribution is 9.09. The molecule has 3 unspecified atom stereocenters. The second kappa shape index (κ2) is 4.49. The topological polar surface area (TPSA) is 18.5 Å². The van der Waals surface area contributed by atoms with Gasteiger partial charge in [0.25, 0.3) is 0 Å². The minimum Gasteiger partial charge on any atom is -0.488 e. The minimum atomic E-state index is -0.252. The third kappa shape index (κ3) is 2.32. The van der Waals surface area contributed by atoms with E-state index in [4.69, 9.17) is 9.47 Å². The summed E-state index contributed by atoms with van der Waals surface area (Å²) in [6, 6.07) is 6.04. The zero-order valence-corrected chi connectivity index (χ0v) is 9.91. The highest BCUT2D eigenvalue weighted by Crippen LogP contribution is 2.33. The van der Waals surface area contributed by atoms with Crippen LogP contribution in [0.4, 0.5) is 4.39 Å². The predicted octanol–water partition coefficient (Wildman–Crippen LogP) is 2.76. The Hall–Kier alpha value is -0.610. The SMILES string of the molecule is COC1C(Br)CC1Oc1ccc(F)cc1. The Kier molecular flexibility index (Phi) is 3.26. The molecule has 1 aliphatic carbocycles. The van der Waals surface area contributed by atoms with E-state index < -0.39 is 0 Å². The zero-order valence-electron chi connectivity index (χ0n) is 8.32. The molecule has 0 N–H and O–H groups in total. The van der Waals surface area contributed by atoms with Gasteiger partial charge in [0.1, 0.15) is 23.8 Å². The average molecular weight is 275 g/mol. The van der Waals surface area contributed by atoms with E-state index in [1.54, 1.807) is 19.2 Å². The fourth-order valence-electron chi connectivity index (χ4n) is 1.63. The smallest absolute Gasteiger partial charge is 0.127 e. The van der Waals surface area contributed by atoms with Gasteiger partial charge in [0.2, 0.25) is 0 Å². The maximum Gasteiger partial charge on any atom is 0.127 e. The van der Waals surface area contributed by atoms with E-state index in [1.165, 1.54) is 12.1 Å². The van der Waals surface area contributed by atoms with Crippen molar-refractivity contribution in [2.45, 2.75) is 23.5 Å². The molecule has 0 radical (unpaired) electrons. The molecule has 0 aromatic heterocycles. The summed E-state index contributed by atoms with van der Waals surface area (Å²) in [6.45, 7) is 0. The van der Waals surface area contributed by atoms with Crippen molar-refractivity contribution < 1.29 is 13.9 Å². The Morgan fingerprint density at radius 3 is 2.53 bits per heavy atom. The first-order valence-electron chi connectivity index (χ1n) is 4.80. The van der Waals surface area contributed by atoms with E-state index in [0.717, 1.165) is 6.42 Å². The monoisotopic (exact) mass is 274 g/mol. The standard InChI is InChI=1S/C11H12BrFO2/c1-14-11-9(12)6-10(11)15-8-4-2-7(13)3-5-8/h2-5,9-11H,6H2,1H3. The fourth-order valence-corrected chi connectivity index (χ4v) is 2.55. The molecule has 1 aliphatic rings. The van der Waals surface area contributed by atoms with Gasteiger partial charge >= 0.3 is 0 Å². The normalized spacial score (nSPS) is 29.7. The molecule has 82 valence electrons. The summed E-state index contributed by atoms with van der Waals surface area (Å²) in [5, 5.41) is 0. The van der Waals surface area contributed by atoms with Gasteiger partial charge in [-0.25, -0.2) is 4.39 Å². The van der Waals surface area contributed by atoms with Gasteiger partial charge in [0.15, 0.2) is 0 Å². The lowest BCUT2D eigenvalue weighted by molar-refractivity contribution is -0.0545. The van der Waals surface area contributed by atoms with E-state index in [2.05, 4.69) is 15.9 Å². The number of ether oxygens (including phenoxy) is 2. The Bertz CT molecular complexity index is 328. The summed E-state index contributed by atoms with van der Waals surface area (Å²) in [6.07, 6.45) is 1.05. The van der Waals surface area contributed by atoms with Crippen LogP contribution in [0.1, 0.15) is 6.42 Å². The van der Waals surface area contributed by atoms with Crippen molar-refractivity contribution in [1.29, 1.82) is 0 Å². The van der Waals surface area contributed by atoms with Gasteiger partial charge in [0, 0.05) is 18.4 Å². The average Bonchev–Trinajstić information content (AvgIpc) is 2.21. The van der Waals surface area contributed by atoms with Crippen molar-refractivity contribution in [2.75, 3.05) is 7.11 Å². The van der Waals surface area contributed by atoms with Crippen LogP contribution < -0.4 is 4.74 Å². The van der Waals surface area contributed by atoms with Crippen LogP contribution in [0.2, 0.25) is 0 Å². The number of hydrogen-bond donors (Lipinski definition) is 0. The van der Waals surface area contributed by atoms with Crippen molar-refractivity contribution in [3.63, 3.8) is 0 Å². The molecule has 0 spiro atoms. The summed E-state index contributed by atoms with van der Waals surface area (Å²) in [5.74, 6) is 0.431. The number of hydrogen-bond acceptors (Lipinski definition) is 2. The van der Waals surface area contributed by atoms with E-state index in [9.17, 15) is 4.39 Å². The number of rotatable bonds is 3. The third-order valence-corrected chi connectivity index (χ3v) is 3.45. The maximum absolute atomic E-state index is 12.6. The first kappa shape index (κ1) is 10.9. The van der Waals surface area contributed by atoms with Gasteiger partial charge in [-0.1, -0.05) is 15.9 Å².